The fraction of sp³-hybridized carbons (Fsp3) is 1.00. The second-order valence-corrected chi connectivity index (χ2v) is 6.07. The third kappa shape index (κ3) is 6.43. The summed E-state index contributed by atoms with van der Waals surface area (Å²) in [6.07, 6.45) is -6.28. The maximum Gasteiger partial charge on any atom is 0.470 e. The smallest absolute Gasteiger partial charge is 0.394 e. The molecule has 7 nitrogen and oxygen atoms in total. The van der Waals surface area contributed by atoms with E-state index in [1.165, 1.54) is 0 Å². The Morgan fingerprint density at radius 2 is 1.22 bits per heavy atom. The Morgan fingerprint density at radius 1 is 0.826 bits per heavy atom. The van der Waals surface area contributed by atoms with Gasteiger partial charge in [0.1, 0.15) is 0 Å². The molecule has 0 saturated carbocycles. The Bertz CT molecular complexity index is 418. The number of ether oxygens (including phenoxy) is 2. The first-order valence-corrected chi connectivity index (χ1v) is 7.77. The van der Waals surface area contributed by atoms with Crippen LogP contribution in [0.15, 0.2) is 0 Å². The number of hydrogen-bond acceptors (Lipinski definition) is 6. The standard InChI is InChI=1S/C10H18F5NO6S/c11-9(12,13)10(14,15)23(19,20)16(1-5-21-7-3-17)2-6-22-8-4-18/h17-18H,1-8H2. The number of aliphatic hydroxyl groups excluding tert-OH is 2. The van der Waals surface area contributed by atoms with Crippen molar-refractivity contribution in [1.82, 2.24) is 4.31 Å². The first-order valence-electron chi connectivity index (χ1n) is 6.33. The molecule has 0 amide bonds. The van der Waals surface area contributed by atoms with Crippen molar-refractivity contribution in [1.29, 1.82) is 0 Å². The highest BCUT2D eigenvalue weighted by atomic mass is 32.2. The number of alkyl halides is 5. The zero-order valence-electron chi connectivity index (χ0n) is 11.9. The lowest BCUT2D eigenvalue weighted by Crippen LogP contribution is -2.53. The lowest BCUT2D eigenvalue weighted by Gasteiger charge is -2.28. The van der Waals surface area contributed by atoms with E-state index in [2.05, 4.69) is 9.47 Å². The molecule has 0 atom stereocenters. The van der Waals surface area contributed by atoms with E-state index < -0.39 is 61.0 Å². The van der Waals surface area contributed by atoms with Crippen LogP contribution in [0.1, 0.15) is 0 Å². The highest BCUT2D eigenvalue weighted by Crippen LogP contribution is 2.41. The molecular formula is C10H18F5NO6S. The van der Waals surface area contributed by atoms with Crippen molar-refractivity contribution in [3.05, 3.63) is 0 Å². The molecule has 0 aliphatic rings. The van der Waals surface area contributed by atoms with Gasteiger partial charge in [0.25, 0.3) is 10.0 Å². The van der Waals surface area contributed by atoms with E-state index in [1.54, 1.807) is 0 Å². The lowest BCUT2D eigenvalue weighted by atomic mass is 10.6. The van der Waals surface area contributed by atoms with Gasteiger partial charge in [-0.3, -0.25) is 0 Å². The second kappa shape index (κ2) is 9.64. The third-order valence-electron chi connectivity index (χ3n) is 2.44. The molecule has 0 aliphatic heterocycles. The Balaban J connectivity index is 5.06. The van der Waals surface area contributed by atoms with E-state index in [0.29, 0.717) is 0 Å². The molecule has 0 unspecified atom stereocenters. The van der Waals surface area contributed by atoms with Crippen LogP contribution in [-0.2, 0) is 19.5 Å². The van der Waals surface area contributed by atoms with E-state index in [0.717, 1.165) is 0 Å². The minimum absolute atomic E-state index is 0.102. The van der Waals surface area contributed by atoms with Crippen LogP contribution in [0.3, 0.4) is 0 Å². The van der Waals surface area contributed by atoms with Crippen LogP contribution < -0.4 is 0 Å². The van der Waals surface area contributed by atoms with Gasteiger partial charge < -0.3 is 19.7 Å². The van der Waals surface area contributed by atoms with Crippen molar-refractivity contribution in [3.63, 3.8) is 0 Å². The van der Waals surface area contributed by atoms with Gasteiger partial charge in [-0.25, -0.2) is 8.42 Å². The molecule has 0 bridgehead atoms. The van der Waals surface area contributed by atoms with Gasteiger partial charge in [0, 0.05) is 13.1 Å². The van der Waals surface area contributed by atoms with Gasteiger partial charge in [-0.2, -0.15) is 26.3 Å². The first-order chi connectivity index (χ1) is 10.5. The summed E-state index contributed by atoms with van der Waals surface area (Å²) in [5, 5.41) is 11.0. The van der Waals surface area contributed by atoms with E-state index in [9.17, 15) is 30.4 Å². The molecule has 0 radical (unpaired) electrons. The Morgan fingerprint density at radius 3 is 1.52 bits per heavy atom. The van der Waals surface area contributed by atoms with E-state index >= 15 is 0 Å². The molecule has 0 aromatic heterocycles. The molecule has 0 aliphatic carbocycles. The van der Waals surface area contributed by atoms with Gasteiger partial charge in [0.05, 0.1) is 39.6 Å². The number of aliphatic hydroxyl groups is 2. The van der Waals surface area contributed by atoms with Gasteiger partial charge in [0.2, 0.25) is 0 Å². The SMILES string of the molecule is O=S(=O)(N(CCOCCO)CCOCCO)C(F)(F)C(F)(F)F. The van der Waals surface area contributed by atoms with Crippen LogP contribution in [0.25, 0.3) is 0 Å². The molecule has 0 aromatic carbocycles. The number of hydrogen-bond donors (Lipinski definition) is 2. The molecule has 0 aromatic rings. The number of rotatable bonds is 12. The zero-order chi connectivity index (χ0) is 18.1. The van der Waals surface area contributed by atoms with Gasteiger partial charge >= 0.3 is 11.4 Å². The second-order valence-electron chi connectivity index (χ2n) is 4.09. The van der Waals surface area contributed by atoms with Crippen molar-refractivity contribution in [2.24, 2.45) is 0 Å². The van der Waals surface area contributed by atoms with Crippen molar-refractivity contribution in [2.75, 3.05) is 52.7 Å². The van der Waals surface area contributed by atoms with Crippen LogP contribution in [-0.4, -0.2) is 87.1 Å². The maximum atomic E-state index is 13.2. The molecule has 140 valence electrons. The van der Waals surface area contributed by atoms with Crippen molar-refractivity contribution in [3.8, 4) is 0 Å². The average molecular weight is 375 g/mol. The molecule has 0 rings (SSSR count). The highest BCUT2D eigenvalue weighted by Gasteiger charge is 2.68. The highest BCUT2D eigenvalue weighted by molar-refractivity contribution is 7.90. The number of halogens is 5. The summed E-state index contributed by atoms with van der Waals surface area (Å²) >= 11 is 0. The zero-order valence-corrected chi connectivity index (χ0v) is 12.7. The molecule has 0 spiro atoms. The fourth-order valence-electron chi connectivity index (χ4n) is 1.33. The Labute approximate surface area is 129 Å². The summed E-state index contributed by atoms with van der Waals surface area (Å²) in [7, 11) is -6.04. The topological polar surface area (TPSA) is 96.3 Å². The first kappa shape index (κ1) is 22.4. The Hall–Kier alpha value is -0.600. The van der Waals surface area contributed by atoms with Crippen LogP contribution in [0.2, 0.25) is 0 Å². The third-order valence-corrected chi connectivity index (χ3v) is 4.36. The molecule has 0 saturated heterocycles. The molecule has 0 fully saturated rings. The summed E-state index contributed by atoms with van der Waals surface area (Å²) in [5.41, 5.74) is 0. The summed E-state index contributed by atoms with van der Waals surface area (Å²) in [5.74, 6) is 0. The summed E-state index contributed by atoms with van der Waals surface area (Å²) in [6.45, 7) is -3.86. The van der Waals surface area contributed by atoms with Crippen molar-refractivity contribution in [2.45, 2.75) is 11.4 Å². The van der Waals surface area contributed by atoms with E-state index in [-0.39, 0.29) is 17.5 Å². The van der Waals surface area contributed by atoms with Gasteiger partial charge in [0.15, 0.2) is 0 Å². The molecule has 23 heavy (non-hydrogen) atoms. The molecule has 2 N–H and O–H groups in total. The number of sulfonamides is 1. The van der Waals surface area contributed by atoms with E-state index in [1.807, 2.05) is 0 Å². The fourth-order valence-corrected chi connectivity index (χ4v) is 2.57. The van der Waals surface area contributed by atoms with Crippen LogP contribution in [0.4, 0.5) is 22.0 Å². The van der Waals surface area contributed by atoms with Crippen LogP contribution in [0.5, 0.6) is 0 Å². The van der Waals surface area contributed by atoms with Crippen LogP contribution >= 0.6 is 0 Å². The van der Waals surface area contributed by atoms with Crippen LogP contribution in [0, 0.1) is 0 Å². The normalized spacial score (nSPS) is 13.7. The summed E-state index contributed by atoms with van der Waals surface area (Å²) < 4.78 is 95.6. The predicted octanol–water partition coefficient (Wildman–Crippen LogP) is -0.209. The molecule has 0 heterocycles. The number of nitrogens with zero attached hydrogens (tertiary/aromatic N) is 1. The van der Waals surface area contributed by atoms with Crippen molar-refractivity contribution < 1.29 is 50.1 Å². The average Bonchev–Trinajstić information content (AvgIpc) is 2.44. The van der Waals surface area contributed by atoms with E-state index in [4.69, 9.17) is 10.2 Å². The molecule has 13 heteroatoms. The monoisotopic (exact) mass is 375 g/mol. The maximum absolute atomic E-state index is 13.2. The summed E-state index contributed by atoms with van der Waals surface area (Å²) in [4.78, 5) is 0. The molecular weight excluding hydrogens is 357 g/mol. The lowest BCUT2D eigenvalue weighted by molar-refractivity contribution is -0.242. The largest absolute Gasteiger partial charge is 0.470 e. The quantitative estimate of drug-likeness (QED) is 0.362. The Kier molecular flexibility index (Phi) is 9.39. The predicted molar refractivity (Wildman–Crippen MR) is 67.3 cm³/mol. The van der Waals surface area contributed by atoms with Crippen molar-refractivity contribution >= 4 is 10.0 Å². The van der Waals surface area contributed by atoms with Gasteiger partial charge in [-0.05, 0) is 0 Å². The van der Waals surface area contributed by atoms with Gasteiger partial charge in [-0.1, -0.05) is 0 Å². The minimum atomic E-state index is -6.28. The van der Waals surface area contributed by atoms with Gasteiger partial charge in [-0.15, -0.1) is 0 Å². The minimum Gasteiger partial charge on any atom is -0.394 e. The summed E-state index contributed by atoms with van der Waals surface area (Å²) in [6, 6.07) is 0.